The summed E-state index contributed by atoms with van der Waals surface area (Å²) in [5, 5.41) is 3.50. The number of rotatable bonds is 3. The highest BCUT2D eigenvalue weighted by Crippen LogP contribution is 2.24. The lowest BCUT2D eigenvalue weighted by molar-refractivity contribution is 0.101. The van der Waals surface area contributed by atoms with Crippen LogP contribution < -0.4 is 11.1 Å². The molecule has 1 heterocycles. The Bertz CT molecular complexity index is 647. The number of halogens is 1. The van der Waals surface area contributed by atoms with Gasteiger partial charge < -0.3 is 15.6 Å². The molecule has 0 aliphatic heterocycles. The van der Waals surface area contributed by atoms with Crippen molar-refractivity contribution in [3.05, 3.63) is 46.7 Å². The summed E-state index contributed by atoms with van der Waals surface area (Å²) in [5.41, 5.74) is 8.45. The lowest BCUT2D eigenvalue weighted by Gasteiger charge is -2.14. The molecule has 0 aliphatic rings. The van der Waals surface area contributed by atoms with Crippen LogP contribution in [0.3, 0.4) is 0 Å². The van der Waals surface area contributed by atoms with Crippen molar-refractivity contribution in [2.45, 2.75) is 26.8 Å². The molecule has 1 aromatic heterocycles. The van der Waals surface area contributed by atoms with Crippen LogP contribution in [0.15, 0.2) is 30.5 Å². The molecule has 0 fully saturated rings. The number of amides is 1. The highest BCUT2D eigenvalue weighted by Gasteiger charge is 2.16. The summed E-state index contributed by atoms with van der Waals surface area (Å²) in [6, 6.07) is 7.26. The largest absolute Gasteiger partial charge is 0.397 e. The van der Waals surface area contributed by atoms with E-state index in [1.165, 1.54) is 0 Å². The molecule has 0 aliphatic carbocycles. The first-order valence-corrected chi connectivity index (χ1v) is 6.81. The average Bonchev–Trinajstić information content (AvgIpc) is 2.77. The summed E-state index contributed by atoms with van der Waals surface area (Å²) in [5.74, 6) is -0.194. The van der Waals surface area contributed by atoms with Gasteiger partial charge in [-0.1, -0.05) is 17.7 Å². The number of aromatic nitrogens is 1. The Morgan fingerprint density at radius 1 is 1.40 bits per heavy atom. The minimum absolute atomic E-state index is 0.161. The summed E-state index contributed by atoms with van der Waals surface area (Å²) >= 11 is 6.05. The summed E-state index contributed by atoms with van der Waals surface area (Å²) in [6.45, 7) is 5.87. The minimum atomic E-state index is -0.194. The number of hydrogen-bond donors (Lipinski definition) is 2. The van der Waals surface area contributed by atoms with Crippen LogP contribution in [0.4, 0.5) is 11.4 Å². The van der Waals surface area contributed by atoms with Crippen molar-refractivity contribution in [2.75, 3.05) is 11.1 Å². The lowest BCUT2D eigenvalue weighted by Crippen LogP contribution is -2.18. The fraction of sp³-hybridized carbons (Fsp3) is 0.267. The average molecular weight is 292 g/mol. The standard InChI is InChI=1S/C15H18ClN3O/c1-9(2)19-8-11(17)7-14(19)15(20)18-13-6-4-5-12(16)10(13)3/h4-9H,17H2,1-3H3,(H,18,20). The third kappa shape index (κ3) is 2.80. The fourth-order valence-electron chi connectivity index (χ4n) is 2.04. The molecule has 2 aromatic rings. The lowest BCUT2D eigenvalue weighted by atomic mass is 10.2. The van der Waals surface area contributed by atoms with Crippen LogP contribution in [0.5, 0.6) is 0 Å². The van der Waals surface area contributed by atoms with Crippen LogP contribution >= 0.6 is 11.6 Å². The van der Waals surface area contributed by atoms with Gasteiger partial charge in [-0.25, -0.2) is 0 Å². The van der Waals surface area contributed by atoms with E-state index in [9.17, 15) is 4.79 Å². The molecule has 3 N–H and O–H groups in total. The van der Waals surface area contributed by atoms with Gasteiger partial charge in [0.1, 0.15) is 5.69 Å². The third-order valence-electron chi connectivity index (χ3n) is 3.17. The van der Waals surface area contributed by atoms with Gasteiger partial charge in [0.25, 0.3) is 5.91 Å². The third-order valence-corrected chi connectivity index (χ3v) is 3.58. The van der Waals surface area contributed by atoms with E-state index in [1.807, 2.05) is 31.4 Å². The number of nitrogens with zero attached hydrogens (tertiary/aromatic N) is 1. The zero-order valence-corrected chi connectivity index (χ0v) is 12.5. The molecule has 0 bridgehead atoms. The maximum Gasteiger partial charge on any atom is 0.272 e. The van der Waals surface area contributed by atoms with Gasteiger partial charge in [0.15, 0.2) is 0 Å². The van der Waals surface area contributed by atoms with Crippen LogP contribution in [0, 0.1) is 6.92 Å². The predicted octanol–water partition coefficient (Wildman–Crippen LogP) is 3.87. The van der Waals surface area contributed by atoms with Crippen molar-refractivity contribution in [1.82, 2.24) is 4.57 Å². The number of carbonyl (C=O) groups excluding carboxylic acids is 1. The Hall–Kier alpha value is -1.94. The highest BCUT2D eigenvalue weighted by molar-refractivity contribution is 6.31. The van der Waals surface area contributed by atoms with E-state index in [2.05, 4.69) is 5.32 Å². The second-order valence-electron chi connectivity index (χ2n) is 5.03. The molecular weight excluding hydrogens is 274 g/mol. The van der Waals surface area contributed by atoms with Crippen LogP contribution in [-0.2, 0) is 0 Å². The number of nitrogen functional groups attached to an aromatic ring is 1. The summed E-state index contributed by atoms with van der Waals surface area (Å²) < 4.78 is 1.85. The zero-order valence-electron chi connectivity index (χ0n) is 11.8. The van der Waals surface area contributed by atoms with Crippen molar-refractivity contribution in [3.8, 4) is 0 Å². The number of nitrogens with one attached hydrogen (secondary N) is 1. The molecule has 1 aromatic carbocycles. The molecule has 0 atom stereocenters. The summed E-state index contributed by atoms with van der Waals surface area (Å²) in [4.78, 5) is 12.4. The van der Waals surface area contributed by atoms with Crippen LogP contribution in [-0.4, -0.2) is 10.5 Å². The van der Waals surface area contributed by atoms with E-state index < -0.39 is 0 Å². The van der Waals surface area contributed by atoms with Crippen molar-refractivity contribution >= 4 is 28.9 Å². The Morgan fingerprint density at radius 3 is 2.75 bits per heavy atom. The normalized spacial score (nSPS) is 10.8. The van der Waals surface area contributed by atoms with E-state index in [4.69, 9.17) is 17.3 Å². The Labute approximate surface area is 123 Å². The molecule has 20 heavy (non-hydrogen) atoms. The number of anilines is 2. The summed E-state index contributed by atoms with van der Waals surface area (Å²) in [7, 11) is 0. The Kier molecular flexibility index (Phi) is 4.04. The number of hydrogen-bond acceptors (Lipinski definition) is 2. The van der Waals surface area contributed by atoms with E-state index in [0.29, 0.717) is 22.1 Å². The number of nitrogens with two attached hydrogens (primary N) is 1. The maximum absolute atomic E-state index is 12.4. The molecule has 0 radical (unpaired) electrons. The maximum atomic E-state index is 12.4. The van der Waals surface area contributed by atoms with Gasteiger partial charge in [-0.15, -0.1) is 0 Å². The van der Waals surface area contributed by atoms with Crippen molar-refractivity contribution in [3.63, 3.8) is 0 Å². The van der Waals surface area contributed by atoms with Crippen molar-refractivity contribution in [2.24, 2.45) is 0 Å². The summed E-state index contributed by atoms with van der Waals surface area (Å²) in [6.07, 6.45) is 1.77. The molecule has 4 nitrogen and oxygen atoms in total. The zero-order chi connectivity index (χ0) is 14.9. The SMILES string of the molecule is Cc1c(Cl)cccc1NC(=O)c1cc(N)cn1C(C)C. The second kappa shape index (κ2) is 5.59. The van der Waals surface area contributed by atoms with Gasteiger partial charge in [-0.05, 0) is 44.5 Å². The molecule has 106 valence electrons. The van der Waals surface area contributed by atoms with Crippen molar-refractivity contribution < 1.29 is 4.79 Å². The first kappa shape index (κ1) is 14.5. The Balaban J connectivity index is 2.31. The molecule has 0 unspecified atom stereocenters. The van der Waals surface area contributed by atoms with Gasteiger partial charge in [-0.2, -0.15) is 0 Å². The molecule has 1 amide bonds. The predicted molar refractivity (Wildman–Crippen MR) is 83.4 cm³/mol. The van der Waals surface area contributed by atoms with E-state index >= 15 is 0 Å². The van der Waals surface area contributed by atoms with Gasteiger partial charge in [0, 0.05) is 22.9 Å². The monoisotopic (exact) mass is 291 g/mol. The van der Waals surface area contributed by atoms with E-state index in [0.717, 1.165) is 5.56 Å². The molecule has 2 rings (SSSR count). The molecule has 0 spiro atoms. The minimum Gasteiger partial charge on any atom is -0.397 e. The van der Waals surface area contributed by atoms with Gasteiger partial charge in [0.2, 0.25) is 0 Å². The van der Waals surface area contributed by atoms with Gasteiger partial charge in [0.05, 0.1) is 5.69 Å². The fourth-order valence-corrected chi connectivity index (χ4v) is 2.21. The van der Waals surface area contributed by atoms with Crippen LogP contribution in [0.25, 0.3) is 0 Å². The first-order valence-electron chi connectivity index (χ1n) is 6.44. The smallest absolute Gasteiger partial charge is 0.272 e. The molecular formula is C15H18ClN3O. The van der Waals surface area contributed by atoms with Crippen LogP contribution in [0.2, 0.25) is 5.02 Å². The molecule has 5 heteroatoms. The molecule has 0 saturated carbocycles. The molecule has 0 saturated heterocycles. The number of carbonyl (C=O) groups is 1. The second-order valence-corrected chi connectivity index (χ2v) is 5.43. The topological polar surface area (TPSA) is 60.1 Å². The van der Waals surface area contributed by atoms with E-state index in [-0.39, 0.29) is 11.9 Å². The van der Waals surface area contributed by atoms with Gasteiger partial charge >= 0.3 is 0 Å². The Morgan fingerprint density at radius 2 is 2.10 bits per heavy atom. The quantitative estimate of drug-likeness (QED) is 0.902. The van der Waals surface area contributed by atoms with Crippen LogP contribution in [0.1, 0.15) is 35.9 Å². The van der Waals surface area contributed by atoms with Gasteiger partial charge in [-0.3, -0.25) is 4.79 Å². The highest BCUT2D eigenvalue weighted by atomic mass is 35.5. The number of benzene rings is 1. The van der Waals surface area contributed by atoms with E-state index in [1.54, 1.807) is 24.4 Å². The van der Waals surface area contributed by atoms with Crippen molar-refractivity contribution in [1.29, 1.82) is 0 Å². The first-order chi connectivity index (χ1) is 9.40.